The van der Waals surface area contributed by atoms with E-state index in [1.807, 2.05) is 12.1 Å². The average molecular weight is 379 g/mol. The van der Waals surface area contributed by atoms with Gasteiger partial charge in [0.15, 0.2) is 11.8 Å². The third-order valence-corrected chi connectivity index (χ3v) is 4.75. The summed E-state index contributed by atoms with van der Waals surface area (Å²) in [7, 11) is 0. The summed E-state index contributed by atoms with van der Waals surface area (Å²) in [4.78, 5) is 13.5. The van der Waals surface area contributed by atoms with Crippen molar-refractivity contribution in [2.75, 3.05) is 19.6 Å². The minimum atomic E-state index is -4.40. The van der Waals surface area contributed by atoms with Gasteiger partial charge < -0.3 is 14.6 Å². The second-order valence-electron chi connectivity index (χ2n) is 6.64. The van der Waals surface area contributed by atoms with Gasteiger partial charge in [0.05, 0.1) is 31.5 Å². The highest BCUT2D eigenvalue weighted by Crippen LogP contribution is 2.29. The topological polar surface area (TPSA) is 46.7 Å². The zero-order valence-electron chi connectivity index (χ0n) is 14.8. The van der Waals surface area contributed by atoms with Gasteiger partial charge in [-0.2, -0.15) is 13.2 Å². The molecule has 0 radical (unpaired) electrons. The van der Waals surface area contributed by atoms with Gasteiger partial charge in [-0.25, -0.2) is 0 Å². The molecule has 1 aromatic carbocycles. The van der Waals surface area contributed by atoms with E-state index in [0.29, 0.717) is 12.1 Å². The summed E-state index contributed by atoms with van der Waals surface area (Å²) >= 11 is 0. The first-order valence-electron chi connectivity index (χ1n) is 8.94. The van der Waals surface area contributed by atoms with Gasteiger partial charge in [0, 0.05) is 18.9 Å². The number of furan rings is 1. The Kier molecular flexibility index (Phi) is 6.01. The molecule has 1 amide bonds. The Bertz CT molecular complexity index is 779. The third kappa shape index (κ3) is 5.23. The SMILES string of the molecule is O=C(/C=C/c1cccc(C(F)(F)F)c1)NC[C@@H](c1ccco1)[NH+]1CCCC1. The summed E-state index contributed by atoms with van der Waals surface area (Å²) < 4.78 is 43.8. The summed E-state index contributed by atoms with van der Waals surface area (Å²) in [5.41, 5.74) is -0.409. The van der Waals surface area contributed by atoms with Gasteiger partial charge in [-0.1, -0.05) is 12.1 Å². The first-order valence-corrected chi connectivity index (χ1v) is 8.94. The van der Waals surface area contributed by atoms with Crippen LogP contribution >= 0.6 is 0 Å². The van der Waals surface area contributed by atoms with E-state index >= 15 is 0 Å². The van der Waals surface area contributed by atoms with Crippen LogP contribution in [-0.2, 0) is 11.0 Å². The van der Waals surface area contributed by atoms with Crippen molar-refractivity contribution in [2.45, 2.75) is 25.1 Å². The molecular weight excluding hydrogens is 357 g/mol. The number of nitrogens with one attached hydrogen (secondary N) is 2. The zero-order chi connectivity index (χ0) is 19.3. The Hall–Kier alpha value is -2.54. The van der Waals surface area contributed by atoms with Crippen LogP contribution in [0.1, 0.15) is 35.8 Å². The standard InChI is InChI=1S/C20H21F3N2O2/c21-20(22,23)16-6-3-5-15(13-16)8-9-19(26)24-14-17(18-7-4-12-27-18)25-10-1-2-11-25/h3-9,12-13,17H,1-2,10-11,14H2,(H,24,26)/p+1/b9-8+/t17-/m0/s1. The molecule has 1 atom stereocenters. The highest BCUT2D eigenvalue weighted by atomic mass is 19.4. The van der Waals surface area contributed by atoms with Crippen molar-refractivity contribution >= 4 is 12.0 Å². The first-order chi connectivity index (χ1) is 12.9. The maximum Gasteiger partial charge on any atom is 0.416 e. The molecule has 1 saturated heterocycles. The number of carbonyl (C=O) groups is 1. The van der Waals surface area contributed by atoms with Gasteiger partial charge in [0.25, 0.3) is 0 Å². The molecular formula is C20H22F3N2O2+. The molecule has 2 aromatic rings. The number of carbonyl (C=O) groups excluding carboxylic acids is 1. The lowest BCUT2D eigenvalue weighted by atomic mass is 10.1. The normalized spacial score (nSPS) is 16.7. The Balaban J connectivity index is 1.60. The second-order valence-corrected chi connectivity index (χ2v) is 6.64. The number of quaternary nitrogens is 1. The Morgan fingerprint density at radius 2 is 2.00 bits per heavy atom. The molecule has 0 saturated carbocycles. The summed E-state index contributed by atoms with van der Waals surface area (Å²) in [5, 5.41) is 2.83. The Morgan fingerprint density at radius 3 is 2.67 bits per heavy atom. The third-order valence-electron chi connectivity index (χ3n) is 4.75. The molecule has 27 heavy (non-hydrogen) atoms. The molecule has 2 N–H and O–H groups in total. The summed E-state index contributed by atoms with van der Waals surface area (Å²) in [5.74, 6) is 0.483. The predicted molar refractivity (Wildman–Crippen MR) is 94.9 cm³/mol. The van der Waals surface area contributed by atoms with E-state index in [4.69, 9.17) is 4.42 Å². The van der Waals surface area contributed by atoms with Crippen molar-refractivity contribution in [3.8, 4) is 0 Å². The molecule has 1 aliphatic rings. The van der Waals surface area contributed by atoms with Crippen LogP contribution in [0.15, 0.2) is 53.2 Å². The highest BCUT2D eigenvalue weighted by Gasteiger charge is 2.30. The maximum absolute atomic E-state index is 12.7. The van der Waals surface area contributed by atoms with Crippen LogP contribution in [0.2, 0.25) is 0 Å². The maximum atomic E-state index is 12.7. The predicted octanol–water partition coefficient (Wildman–Crippen LogP) is 2.85. The number of likely N-dealkylation sites (tertiary alicyclic amines) is 1. The van der Waals surface area contributed by atoms with E-state index in [1.54, 1.807) is 6.26 Å². The molecule has 7 heteroatoms. The molecule has 1 fully saturated rings. The molecule has 3 rings (SSSR count). The van der Waals surface area contributed by atoms with Crippen LogP contribution in [0, 0.1) is 0 Å². The Labute approximate surface area is 155 Å². The van der Waals surface area contributed by atoms with Crippen molar-refractivity contribution < 1.29 is 27.3 Å². The van der Waals surface area contributed by atoms with Crippen molar-refractivity contribution in [2.24, 2.45) is 0 Å². The lowest BCUT2D eigenvalue weighted by molar-refractivity contribution is -0.919. The molecule has 2 heterocycles. The molecule has 0 bridgehead atoms. The lowest BCUT2D eigenvalue weighted by Crippen LogP contribution is -3.11. The van der Waals surface area contributed by atoms with Gasteiger partial charge in [0.1, 0.15) is 0 Å². The number of alkyl halides is 3. The van der Waals surface area contributed by atoms with Gasteiger partial charge in [-0.3, -0.25) is 4.79 Å². The highest BCUT2D eigenvalue weighted by molar-refractivity contribution is 5.91. The molecule has 0 spiro atoms. The van der Waals surface area contributed by atoms with Crippen molar-refractivity contribution in [3.63, 3.8) is 0 Å². The van der Waals surface area contributed by atoms with Gasteiger partial charge in [-0.05, 0) is 35.9 Å². The number of halogens is 3. The van der Waals surface area contributed by atoms with Crippen LogP contribution in [0.4, 0.5) is 13.2 Å². The van der Waals surface area contributed by atoms with E-state index in [9.17, 15) is 18.0 Å². The van der Waals surface area contributed by atoms with Gasteiger partial charge in [0.2, 0.25) is 5.91 Å². The smallest absolute Gasteiger partial charge is 0.416 e. The summed E-state index contributed by atoms with van der Waals surface area (Å²) in [6, 6.07) is 8.64. The molecule has 4 nitrogen and oxygen atoms in total. The van der Waals surface area contributed by atoms with Gasteiger partial charge in [-0.15, -0.1) is 0 Å². The molecule has 1 aromatic heterocycles. The summed E-state index contributed by atoms with van der Waals surface area (Å²) in [6.07, 6.45) is 2.16. The average Bonchev–Trinajstić information content (AvgIpc) is 3.34. The van der Waals surface area contributed by atoms with Crippen LogP contribution in [0.25, 0.3) is 6.08 Å². The van der Waals surface area contributed by atoms with Crippen LogP contribution < -0.4 is 10.2 Å². The van der Waals surface area contributed by atoms with E-state index in [1.165, 1.54) is 29.2 Å². The minimum absolute atomic E-state index is 0.0356. The fraction of sp³-hybridized carbons (Fsp3) is 0.350. The fourth-order valence-electron chi connectivity index (χ4n) is 3.37. The van der Waals surface area contributed by atoms with E-state index in [-0.39, 0.29) is 11.9 Å². The van der Waals surface area contributed by atoms with Crippen molar-refractivity contribution in [1.82, 2.24) is 5.32 Å². The number of rotatable bonds is 6. The quantitative estimate of drug-likeness (QED) is 0.759. The van der Waals surface area contributed by atoms with Crippen molar-refractivity contribution in [3.05, 3.63) is 65.6 Å². The summed E-state index contributed by atoms with van der Waals surface area (Å²) in [6.45, 7) is 2.47. The van der Waals surface area contributed by atoms with Gasteiger partial charge >= 0.3 is 6.18 Å². The van der Waals surface area contributed by atoms with Crippen molar-refractivity contribution in [1.29, 1.82) is 0 Å². The monoisotopic (exact) mass is 379 g/mol. The zero-order valence-corrected chi connectivity index (χ0v) is 14.8. The molecule has 1 aliphatic heterocycles. The molecule has 0 unspecified atom stereocenters. The first kappa shape index (κ1) is 19.2. The number of benzene rings is 1. The lowest BCUT2D eigenvalue weighted by Gasteiger charge is -2.22. The second kappa shape index (κ2) is 8.43. The largest absolute Gasteiger partial charge is 0.463 e. The molecule has 0 aliphatic carbocycles. The van der Waals surface area contributed by atoms with E-state index in [2.05, 4.69) is 5.32 Å². The van der Waals surface area contributed by atoms with E-state index < -0.39 is 11.7 Å². The van der Waals surface area contributed by atoms with Crippen LogP contribution in [0.3, 0.4) is 0 Å². The Morgan fingerprint density at radius 1 is 1.22 bits per heavy atom. The molecule has 144 valence electrons. The number of amides is 1. The van der Waals surface area contributed by atoms with Crippen LogP contribution in [-0.4, -0.2) is 25.5 Å². The van der Waals surface area contributed by atoms with E-state index in [0.717, 1.165) is 43.8 Å². The minimum Gasteiger partial charge on any atom is -0.463 e. The fourth-order valence-corrected chi connectivity index (χ4v) is 3.37. The van der Waals surface area contributed by atoms with Crippen LogP contribution in [0.5, 0.6) is 0 Å². The number of hydrogen-bond donors (Lipinski definition) is 2. The number of hydrogen-bond acceptors (Lipinski definition) is 2.